The number of halogens is 1. The van der Waals surface area contributed by atoms with E-state index < -0.39 is 10.0 Å². The van der Waals surface area contributed by atoms with Crippen LogP contribution >= 0.6 is 27.3 Å². The molecule has 2 heterocycles. The van der Waals surface area contributed by atoms with Crippen molar-refractivity contribution in [3.05, 3.63) is 15.9 Å². The lowest BCUT2D eigenvalue weighted by Gasteiger charge is -2.34. The van der Waals surface area contributed by atoms with Gasteiger partial charge in [0.05, 0.1) is 9.70 Å². The van der Waals surface area contributed by atoms with Crippen LogP contribution in [0.5, 0.6) is 0 Å². The Morgan fingerprint density at radius 2 is 2.00 bits per heavy atom. The van der Waals surface area contributed by atoms with Crippen molar-refractivity contribution in [1.82, 2.24) is 9.21 Å². The van der Waals surface area contributed by atoms with Gasteiger partial charge in [-0.15, -0.1) is 11.3 Å². The Morgan fingerprint density at radius 1 is 1.33 bits per heavy atom. The first-order valence-corrected chi connectivity index (χ1v) is 11.5. The summed E-state index contributed by atoms with van der Waals surface area (Å²) in [6.07, 6.45) is 3.34. The molecule has 0 saturated carbocycles. The van der Waals surface area contributed by atoms with E-state index in [0.717, 1.165) is 42.6 Å². The van der Waals surface area contributed by atoms with E-state index in [1.807, 2.05) is 4.90 Å². The number of carbonyl (C=O) groups is 1. The van der Waals surface area contributed by atoms with Gasteiger partial charge in [0.2, 0.25) is 5.91 Å². The van der Waals surface area contributed by atoms with Gasteiger partial charge >= 0.3 is 0 Å². The predicted molar refractivity (Wildman–Crippen MR) is 101 cm³/mol. The molecule has 0 N–H and O–H groups in total. The summed E-state index contributed by atoms with van der Waals surface area (Å²) >= 11 is 4.52. The molecule has 1 saturated heterocycles. The number of rotatable bonds is 7. The molecule has 0 spiro atoms. The van der Waals surface area contributed by atoms with E-state index >= 15 is 0 Å². The van der Waals surface area contributed by atoms with Gasteiger partial charge in [-0.3, -0.25) is 4.79 Å². The summed E-state index contributed by atoms with van der Waals surface area (Å²) in [5.74, 6) is -0.124. The average Bonchev–Trinajstić information content (AvgIpc) is 3.01. The minimum Gasteiger partial charge on any atom is -0.342 e. The van der Waals surface area contributed by atoms with Crippen LogP contribution in [0.15, 0.2) is 20.1 Å². The molecule has 1 unspecified atom stereocenters. The molecular weight excluding hydrogens is 412 g/mol. The molecule has 2 rings (SSSR count). The minimum atomic E-state index is -3.51. The maximum atomic E-state index is 12.8. The van der Waals surface area contributed by atoms with Crippen LogP contribution in [0.1, 0.15) is 39.5 Å². The van der Waals surface area contributed by atoms with Gasteiger partial charge in [-0.1, -0.05) is 13.8 Å². The summed E-state index contributed by atoms with van der Waals surface area (Å²) in [4.78, 5) is 14.7. The van der Waals surface area contributed by atoms with Crippen LogP contribution < -0.4 is 0 Å². The van der Waals surface area contributed by atoms with E-state index in [-0.39, 0.29) is 11.8 Å². The molecule has 0 bridgehead atoms. The zero-order chi connectivity index (χ0) is 17.7. The third-order valence-corrected chi connectivity index (χ3v) is 8.13. The summed E-state index contributed by atoms with van der Waals surface area (Å²) in [6.45, 7) is 6.38. The van der Waals surface area contributed by atoms with Gasteiger partial charge in [0.1, 0.15) is 4.21 Å². The number of thiophene rings is 1. The van der Waals surface area contributed by atoms with Crippen molar-refractivity contribution in [1.29, 1.82) is 0 Å². The number of nitrogens with zero attached hydrogens (tertiary/aromatic N) is 2. The fourth-order valence-corrected chi connectivity index (χ4v) is 6.74. The van der Waals surface area contributed by atoms with Crippen LogP contribution in [0.25, 0.3) is 0 Å². The Hall–Kier alpha value is -0.440. The zero-order valence-corrected chi connectivity index (χ0v) is 17.4. The van der Waals surface area contributed by atoms with E-state index in [9.17, 15) is 13.2 Å². The van der Waals surface area contributed by atoms with E-state index in [0.29, 0.717) is 17.3 Å². The third kappa shape index (κ3) is 4.59. The second kappa shape index (κ2) is 8.78. The minimum absolute atomic E-state index is 0.103. The Balaban J connectivity index is 2.12. The molecule has 1 fully saturated rings. The zero-order valence-electron chi connectivity index (χ0n) is 14.2. The van der Waals surface area contributed by atoms with Crippen molar-refractivity contribution in [3.8, 4) is 0 Å². The van der Waals surface area contributed by atoms with Crippen LogP contribution in [0, 0.1) is 5.92 Å². The lowest BCUT2D eigenvalue weighted by Crippen LogP contribution is -2.47. The molecule has 0 aromatic carbocycles. The third-order valence-electron chi connectivity index (χ3n) is 4.17. The van der Waals surface area contributed by atoms with Crippen molar-refractivity contribution in [3.63, 3.8) is 0 Å². The Labute approximate surface area is 157 Å². The maximum Gasteiger partial charge on any atom is 0.252 e. The highest BCUT2D eigenvalue weighted by Gasteiger charge is 2.35. The number of carbonyl (C=O) groups excluding carboxylic acids is 1. The number of hydrogen-bond acceptors (Lipinski definition) is 4. The van der Waals surface area contributed by atoms with Crippen LogP contribution in [0.3, 0.4) is 0 Å². The van der Waals surface area contributed by atoms with Gasteiger partial charge in [-0.05, 0) is 53.7 Å². The molecule has 136 valence electrons. The molecule has 1 amide bonds. The molecule has 1 aromatic rings. The second-order valence-electron chi connectivity index (χ2n) is 6.09. The molecule has 1 aromatic heterocycles. The molecule has 1 aliphatic heterocycles. The molecule has 5 nitrogen and oxygen atoms in total. The highest BCUT2D eigenvalue weighted by Crippen LogP contribution is 2.31. The molecule has 1 aliphatic rings. The van der Waals surface area contributed by atoms with Gasteiger partial charge in [0, 0.05) is 26.2 Å². The summed E-state index contributed by atoms with van der Waals surface area (Å²) in [7, 11) is -3.51. The molecule has 1 atom stereocenters. The highest BCUT2D eigenvalue weighted by atomic mass is 79.9. The molecule has 24 heavy (non-hydrogen) atoms. The number of hydrogen-bond donors (Lipinski definition) is 0. The lowest BCUT2D eigenvalue weighted by atomic mass is 9.98. The van der Waals surface area contributed by atoms with Crippen LogP contribution in [0.4, 0.5) is 0 Å². The molecule has 8 heteroatoms. The fraction of sp³-hybridized carbons (Fsp3) is 0.688. The standard InChI is InChI=1S/C16H25BrN2O3S2/c1-3-9-18(10-4-2)16(20)13-6-5-11-19(12-13)24(21,22)15-8-7-14(17)23-15/h7-8,13H,3-6,9-12H2,1-2H3. The second-order valence-corrected chi connectivity index (χ2v) is 10.7. The predicted octanol–water partition coefficient (Wildman–Crippen LogP) is 3.56. The van der Waals surface area contributed by atoms with Crippen molar-refractivity contribution in [2.24, 2.45) is 5.92 Å². The van der Waals surface area contributed by atoms with Gasteiger partial charge in [-0.25, -0.2) is 8.42 Å². The van der Waals surface area contributed by atoms with Crippen molar-refractivity contribution in [2.45, 2.75) is 43.7 Å². The van der Waals surface area contributed by atoms with Gasteiger partial charge in [-0.2, -0.15) is 4.31 Å². The Bertz CT molecular complexity index is 654. The smallest absolute Gasteiger partial charge is 0.252 e. The van der Waals surface area contributed by atoms with Gasteiger partial charge in [0.15, 0.2) is 0 Å². The topological polar surface area (TPSA) is 57.7 Å². The molecule has 0 radical (unpaired) electrons. The largest absolute Gasteiger partial charge is 0.342 e. The summed E-state index contributed by atoms with van der Waals surface area (Å²) in [5, 5.41) is 0. The molecule has 0 aliphatic carbocycles. The van der Waals surface area contributed by atoms with Crippen molar-refractivity contribution in [2.75, 3.05) is 26.2 Å². The van der Waals surface area contributed by atoms with E-state index in [4.69, 9.17) is 0 Å². The average molecular weight is 437 g/mol. The van der Waals surface area contributed by atoms with Crippen LogP contribution in [-0.2, 0) is 14.8 Å². The summed E-state index contributed by atoms with van der Waals surface area (Å²) in [6, 6.07) is 3.37. The lowest BCUT2D eigenvalue weighted by molar-refractivity contribution is -0.136. The van der Waals surface area contributed by atoms with E-state index in [2.05, 4.69) is 29.8 Å². The first kappa shape index (κ1) is 19.9. The van der Waals surface area contributed by atoms with E-state index in [1.54, 1.807) is 12.1 Å². The first-order chi connectivity index (χ1) is 11.4. The Morgan fingerprint density at radius 3 is 2.54 bits per heavy atom. The van der Waals surface area contributed by atoms with Crippen molar-refractivity contribution >= 4 is 43.2 Å². The SMILES string of the molecule is CCCN(CCC)C(=O)C1CCCN(S(=O)(=O)c2ccc(Br)s2)C1. The summed E-state index contributed by atoms with van der Waals surface area (Å²) < 4.78 is 28.2. The van der Waals surface area contributed by atoms with Gasteiger partial charge in [0.25, 0.3) is 10.0 Å². The van der Waals surface area contributed by atoms with Gasteiger partial charge < -0.3 is 4.90 Å². The van der Waals surface area contributed by atoms with Crippen molar-refractivity contribution < 1.29 is 13.2 Å². The highest BCUT2D eigenvalue weighted by molar-refractivity contribution is 9.11. The van der Waals surface area contributed by atoms with E-state index in [1.165, 1.54) is 15.6 Å². The van der Waals surface area contributed by atoms with Crippen LogP contribution in [0.2, 0.25) is 0 Å². The Kier molecular flexibility index (Phi) is 7.27. The monoisotopic (exact) mass is 436 g/mol. The van der Waals surface area contributed by atoms with Crippen LogP contribution in [-0.4, -0.2) is 49.7 Å². The normalized spacial score (nSPS) is 19.4. The molecular formula is C16H25BrN2O3S2. The fourth-order valence-electron chi connectivity index (χ4n) is 3.06. The quantitative estimate of drug-likeness (QED) is 0.656. The number of sulfonamides is 1. The first-order valence-electron chi connectivity index (χ1n) is 8.44. The number of amides is 1. The number of piperidine rings is 1. The summed E-state index contributed by atoms with van der Waals surface area (Å²) in [5.41, 5.74) is 0. The maximum absolute atomic E-state index is 12.8.